The molecule has 0 aromatic rings. The number of carboxylic acid groups (broad SMARTS) is 1. The van der Waals surface area contributed by atoms with E-state index in [0.29, 0.717) is 6.42 Å². The first kappa shape index (κ1) is 7.80. The summed E-state index contributed by atoms with van der Waals surface area (Å²) in [5.74, 6) is -1.14. The summed E-state index contributed by atoms with van der Waals surface area (Å²) >= 11 is 0. The largest absolute Gasteiger partial charge is 0.481 e. The van der Waals surface area contributed by atoms with E-state index in [1.165, 1.54) is 0 Å². The van der Waals surface area contributed by atoms with Crippen LogP contribution in [0.1, 0.15) is 20.3 Å². The van der Waals surface area contributed by atoms with Gasteiger partial charge in [0.15, 0.2) is 0 Å². The van der Waals surface area contributed by atoms with Crippen LogP contribution in [-0.4, -0.2) is 22.3 Å². The van der Waals surface area contributed by atoms with Crippen LogP contribution in [0.15, 0.2) is 12.2 Å². The molecule has 3 heteroatoms. The third-order valence-electron chi connectivity index (χ3n) is 2.82. The highest BCUT2D eigenvalue weighted by Gasteiger charge is 2.55. The number of aliphatic carboxylic acids is 1. The van der Waals surface area contributed by atoms with Crippen LogP contribution in [0, 0.1) is 5.92 Å². The standard InChI is InChI=1S/C9H12O3/c1-8-3-4-9(2,12-8)6(5-8)7(10)11/h3-4,6H,5H2,1-2H3,(H,10,11)/t6-,8+,9-/m0/s1. The molecule has 2 aliphatic heterocycles. The molecule has 0 aromatic carbocycles. The zero-order chi connectivity index (χ0) is 8.98. The van der Waals surface area contributed by atoms with E-state index in [0.717, 1.165) is 0 Å². The molecule has 1 saturated heterocycles. The SMILES string of the molecule is C[C@]12C=C[C@](C)(O1)[C@H](C(=O)O)C2. The van der Waals surface area contributed by atoms with Crippen molar-refractivity contribution in [3.05, 3.63) is 12.2 Å². The molecular weight excluding hydrogens is 156 g/mol. The van der Waals surface area contributed by atoms with E-state index in [1.807, 2.05) is 26.0 Å². The fraction of sp³-hybridized carbons (Fsp3) is 0.667. The highest BCUT2D eigenvalue weighted by Crippen LogP contribution is 2.49. The van der Waals surface area contributed by atoms with Gasteiger partial charge >= 0.3 is 5.97 Å². The number of carbonyl (C=O) groups is 1. The van der Waals surface area contributed by atoms with E-state index in [4.69, 9.17) is 9.84 Å². The highest BCUT2D eigenvalue weighted by molar-refractivity contribution is 5.73. The molecule has 0 amide bonds. The molecule has 0 radical (unpaired) electrons. The number of hydrogen-bond acceptors (Lipinski definition) is 2. The van der Waals surface area contributed by atoms with Gasteiger partial charge in [-0.05, 0) is 20.3 Å². The molecule has 2 bridgehead atoms. The topological polar surface area (TPSA) is 46.5 Å². The molecule has 66 valence electrons. The van der Waals surface area contributed by atoms with Crippen molar-refractivity contribution in [1.82, 2.24) is 0 Å². The van der Waals surface area contributed by atoms with Gasteiger partial charge in [0, 0.05) is 0 Å². The van der Waals surface area contributed by atoms with Crippen LogP contribution in [0.2, 0.25) is 0 Å². The smallest absolute Gasteiger partial charge is 0.309 e. The molecule has 0 saturated carbocycles. The summed E-state index contributed by atoms with van der Waals surface area (Å²) in [4.78, 5) is 10.8. The second kappa shape index (κ2) is 1.91. The van der Waals surface area contributed by atoms with Crippen molar-refractivity contribution in [3.8, 4) is 0 Å². The summed E-state index contributed by atoms with van der Waals surface area (Å²) in [7, 11) is 0. The number of rotatable bonds is 1. The van der Waals surface area contributed by atoms with Crippen LogP contribution in [-0.2, 0) is 9.53 Å². The molecule has 0 spiro atoms. The van der Waals surface area contributed by atoms with Crippen LogP contribution in [0.25, 0.3) is 0 Å². The second-order valence-corrected chi connectivity index (χ2v) is 4.03. The van der Waals surface area contributed by atoms with Gasteiger partial charge < -0.3 is 9.84 Å². The Hall–Kier alpha value is -0.830. The molecule has 3 atom stereocenters. The van der Waals surface area contributed by atoms with Gasteiger partial charge in [0.05, 0.1) is 17.1 Å². The van der Waals surface area contributed by atoms with Crippen molar-refractivity contribution >= 4 is 5.97 Å². The Balaban J connectivity index is 2.35. The van der Waals surface area contributed by atoms with Crippen molar-refractivity contribution in [2.45, 2.75) is 31.5 Å². The number of carboxylic acids is 1. The quantitative estimate of drug-likeness (QED) is 0.598. The second-order valence-electron chi connectivity index (χ2n) is 4.03. The molecule has 0 unspecified atom stereocenters. The molecule has 2 aliphatic rings. The number of ether oxygens (including phenoxy) is 1. The minimum atomic E-state index is -0.759. The molecule has 1 N–H and O–H groups in total. The van der Waals surface area contributed by atoms with Crippen LogP contribution in [0.4, 0.5) is 0 Å². The maximum Gasteiger partial charge on any atom is 0.309 e. The Morgan fingerprint density at radius 2 is 2.25 bits per heavy atom. The fourth-order valence-electron chi connectivity index (χ4n) is 2.15. The molecular formula is C9H12O3. The molecule has 2 rings (SSSR count). The van der Waals surface area contributed by atoms with E-state index >= 15 is 0 Å². The predicted molar refractivity (Wildman–Crippen MR) is 42.8 cm³/mol. The molecule has 12 heavy (non-hydrogen) atoms. The lowest BCUT2D eigenvalue weighted by atomic mass is 9.81. The van der Waals surface area contributed by atoms with Crippen molar-refractivity contribution in [2.75, 3.05) is 0 Å². The number of fused-ring (bicyclic) bond motifs is 2. The van der Waals surface area contributed by atoms with Crippen LogP contribution in [0.3, 0.4) is 0 Å². The minimum Gasteiger partial charge on any atom is -0.481 e. The Bertz CT molecular complexity index is 271. The van der Waals surface area contributed by atoms with Gasteiger partial charge in [0.25, 0.3) is 0 Å². The zero-order valence-corrected chi connectivity index (χ0v) is 7.20. The summed E-state index contributed by atoms with van der Waals surface area (Å²) in [6, 6.07) is 0. The van der Waals surface area contributed by atoms with Gasteiger partial charge in [0.1, 0.15) is 0 Å². The summed E-state index contributed by atoms with van der Waals surface area (Å²) in [5, 5.41) is 8.90. The molecule has 3 nitrogen and oxygen atoms in total. The van der Waals surface area contributed by atoms with Gasteiger partial charge in [0.2, 0.25) is 0 Å². The number of hydrogen-bond donors (Lipinski definition) is 1. The third-order valence-corrected chi connectivity index (χ3v) is 2.82. The van der Waals surface area contributed by atoms with Gasteiger partial charge in [-0.2, -0.15) is 0 Å². The average Bonchev–Trinajstić information content (AvgIpc) is 2.36. The Morgan fingerprint density at radius 1 is 1.58 bits per heavy atom. The molecule has 0 aliphatic carbocycles. The van der Waals surface area contributed by atoms with Crippen LogP contribution in [0.5, 0.6) is 0 Å². The Kier molecular flexibility index (Phi) is 1.24. The van der Waals surface area contributed by atoms with Crippen LogP contribution >= 0.6 is 0 Å². The molecule has 2 heterocycles. The summed E-state index contributed by atoms with van der Waals surface area (Å²) in [5.41, 5.74) is -0.904. The fourth-order valence-corrected chi connectivity index (χ4v) is 2.15. The van der Waals surface area contributed by atoms with Crippen LogP contribution < -0.4 is 0 Å². The Morgan fingerprint density at radius 3 is 2.50 bits per heavy atom. The lowest BCUT2D eigenvalue weighted by Crippen LogP contribution is -2.33. The van der Waals surface area contributed by atoms with Crippen molar-refractivity contribution in [3.63, 3.8) is 0 Å². The lowest BCUT2D eigenvalue weighted by Gasteiger charge is -2.21. The van der Waals surface area contributed by atoms with E-state index < -0.39 is 11.6 Å². The third kappa shape index (κ3) is 0.829. The van der Waals surface area contributed by atoms with Crippen molar-refractivity contribution in [2.24, 2.45) is 5.92 Å². The maximum atomic E-state index is 10.8. The maximum absolute atomic E-state index is 10.8. The van der Waals surface area contributed by atoms with Gasteiger partial charge in [-0.1, -0.05) is 12.2 Å². The predicted octanol–water partition coefficient (Wildman–Crippen LogP) is 1.19. The van der Waals surface area contributed by atoms with E-state index in [-0.39, 0.29) is 11.5 Å². The summed E-state index contributed by atoms with van der Waals surface area (Å²) < 4.78 is 5.63. The summed E-state index contributed by atoms with van der Waals surface area (Å²) in [6.45, 7) is 3.76. The minimum absolute atomic E-state index is 0.336. The average molecular weight is 168 g/mol. The first-order chi connectivity index (χ1) is 5.45. The first-order valence-corrected chi connectivity index (χ1v) is 4.09. The molecule has 1 fully saturated rings. The van der Waals surface area contributed by atoms with Gasteiger partial charge in [-0.25, -0.2) is 0 Å². The lowest BCUT2D eigenvalue weighted by molar-refractivity contribution is -0.145. The van der Waals surface area contributed by atoms with Crippen molar-refractivity contribution < 1.29 is 14.6 Å². The summed E-state index contributed by atoms with van der Waals surface area (Å²) in [6.07, 6.45) is 4.43. The van der Waals surface area contributed by atoms with Gasteiger partial charge in [-0.15, -0.1) is 0 Å². The zero-order valence-electron chi connectivity index (χ0n) is 7.20. The van der Waals surface area contributed by atoms with E-state index in [2.05, 4.69) is 0 Å². The van der Waals surface area contributed by atoms with E-state index in [1.54, 1.807) is 0 Å². The van der Waals surface area contributed by atoms with Gasteiger partial charge in [-0.3, -0.25) is 4.79 Å². The monoisotopic (exact) mass is 168 g/mol. The normalized spacial score (nSPS) is 50.0. The first-order valence-electron chi connectivity index (χ1n) is 4.09. The van der Waals surface area contributed by atoms with Crippen molar-refractivity contribution in [1.29, 1.82) is 0 Å². The Labute approximate surface area is 71.0 Å². The van der Waals surface area contributed by atoms with E-state index in [9.17, 15) is 4.79 Å². The highest BCUT2D eigenvalue weighted by atomic mass is 16.5. The molecule has 0 aromatic heterocycles.